The van der Waals surface area contributed by atoms with Crippen molar-refractivity contribution in [1.29, 1.82) is 10.5 Å². The number of pyridine rings is 1. The molecule has 10 nitrogen and oxygen atoms in total. The molecule has 0 aliphatic carbocycles. The van der Waals surface area contributed by atoms with Gasteiger partial charge in [0.1, 0.15) is 35.3 Å². The second-order valence-corrected chi connectivity index (χ2v) is 7.01. The van der Waals surface area contributed by atoms with E-state index in [4.69, 9.17) is 14.4 Å². The lowest BCUT2D eigenvalue weighted by Crippen LogP contribution is -2.34. The van der Waals surface area contributed by atoms with Crippen molar-refractivity contribution in [3.63, 3.8) is 0 Å². The van der Waals surface area contributed by atoms with Gasteiger partial charge in [-0.05, 0) is 32.9 Å². The second kappa shape index (κ2) is 8.80. The van der Waals surface area contributed by atoms with Gasteiger partial charge in [0.15, 0.2) is 11.4 Å². The van der Waals surface area contributed by atoms with E-state index in [0.717, 1.165) is 17.2 Å². The number of carbonyl (C=O) groups excluding carboxylic acids is 2. The van der Waals surface area contributed by atoms with E-state index in [-0.39, 0.29) is 34.1 Å². The first-order valence-corrected chi connectivity index (χ1v) is 8.62. The molecule has 2 amide bonds. The van der Waals surface area contributed by atoms with E-state index in [0.29, 0.717) is 0 Å². The first-order valence-electron chi connectivity index (χ1n) is 8.62. The number of anilines is 2. The Hall–Kier alpha value is -4.31. The number of nitrogens with one attached hydrogen (secondary N) is 1. The molecule has 10 heteroatoms. The summed E-state index contributed by atoms with van der Waals surface area (Å²) in [5, 5.41) is 30.6. The zero-order chi connectivity index (χ0) is 22.5. The topological polar surface area (TPSA) is 152 Å². The zero-order valence-electron chi connectivity index (χ0n) is 16.8. The van der Waals surface area contributed by atoms with Crippen LogP contribution >= 0.6 is 0 Å². The molecule has 0 aliphatic heterocycles. The average molecular weight is 409 g/mol. The molecule has 0 radical (unpaired) electrons. The number of nitrogens with zero attached hydrogens (tertiary/aromatic N) is 4. The van der Waals surface area contributed by atoms with Crippen molar-refractivity contribution in [2.75, 3.05) is 17.3 Å². The number of furan rings is 1. The van der Waals surface area contributed by atoms with Crippen molar-refractivity contribution in [2.45, 2.75) is 26.4 Å². The van der Waals surface area contributed by atoms with E-state index >= 15 is 0 Å². The maximum atomic E-state index is 12.2. The average Bonchev–Trinajstić information content (AvgIpc) is 3.07. The van der Waals surface area contributed by atoms with Crippen molar-refractivity contribution >= 4 is 29.6 Å². The molecule has 0 atom stereocenters. The fourth-order valence-corrected chi connectivity index (χ4v) is 2.23. The molecule has 30 heavy (non-hydrogen) atoms. The van der Waals surface area contributed by atoms with Gasteiger partial charge in [0.2, 0.25) is 5.88 Å². The third kappa shape index (κ3) is 5.14. The summed E-state index contributed by atoms with van der Waals surface area (Å²) in [6, 6.07) is 5.02. The van der Waals surface area contributed by atoms with E-state index in [1.54, 1.807) is 26.8 Å². The monoisotopic (exact) mass is 409 g/mol. The second-order valence-electron chi connectivity index (χ2n) is 7.01. The summed E-state index contributed by atoms with van der Waals surface area (Å²) >= 11 is 0. The minimum absolute atomic E-state index is 0.0661. The van der Waals surface area contributed by atoms with Crippen LogP contribution in [0.2, 0.25) is 0 Å². The third-order valence-electron chi connectivity index (χ3n) is 3.62. The SMILES string of the molecule is CN(C(=O)OC(C)(C)C)c1coc(NC(=O)C=Cc2ccnc(C#N)c2O)c1C#N. The van der Waals surface area contributed by atoms with Crippen LogP contribution < -0.4 is 10.2 Å². The van der Waals surface area contributed by atoms with Crippen LogP contribution in [0.5, 0.6) is 5.75 Å². The molecule has 0 unspecified atom stereocenters. The predicted molar refractivity (Wildman–Crippen MR) is 106 cm³/mol. The normalized spacial score (nSPS) is 10.9. The van der Waals surface area contributed by atoms with Gasteiger partial charge in [-0.15, -0.1) is 0 Å². The van der Waals surface area contributed by atoms with Crippen LogP contribution in [0.3, 0.4) is 0 Å². The molecule has 2 rings (SSSR count). The molecule has 0 bridgehead atoms. The Labute approximate surface area is 172 Å². The largest absolute Gasteiger partial charge is 0.504 e. The number of hydrogen-bond acceptors (Lipinski definition) is 8. The van der Waals surface area contributed by atoms with E-state index in [9.17, 15) is 20.0 Å². The molecule has 0 aliphatic rings. The Bertz CT molecular complexity index is 1080. The lowest BCUT2D eigenvalue weighted by atomic mass is 10.2. The zero-order valence-corrected chi connectivity index (χ0v) is 16.8. The Morgan fingerprint density at radius 2 is 2.03 bits per heavy atom. The quantitative estimate of drug-likeness (QED) is 0.730. The van der Waals surface area contributed by atoms with E-state index in [1.165, 1.54) is 25.4 Å². The van der Waals surface area contributed by atoms with Gasteiger partial charge in [0.05, 0.1) is 0 Å². The van der Waals surface area contributed by atoms with Crippen LogP contribution in [-0.2, 0) is 9.53 Å². The highest BCUT2D eigenvalue weighted by atomic mass is 16.6. The molecular weight excluding hydrogens is 390 g/mol. The van der Waals surface area contributed by atoms with Crippen LogP contribution in [0.4, 0.5) is 16.4 Å². The van der Waals surface area contributed by atoms with Gasteiger partial charge in [-0.1, -0.05) is 0 Å². The van der Waals surface area contributed by atoms with Gasteiger partial charge in [-0.25, -0.2) is 9.78 Å². The molecule has 0 saturated heterocycles. The van der Waals surface area contributed by atoms with Crippen molar-refractivity contribution in [3.05, 3.63) is 41.4 Å². The van der Waals surface area contributed by atoms with Gasteiger partial charge < -0.3 is 14.3 Å². The van der Waals surface area contributed by atoms with E-state index in [1.807, 2.05) is 6.07 Å². The van der Waals surface area contributed by atoms with E-state index in [2.05, 4.69) is 10.3 Å². The first-order chi connectivity index (χ1) is 14.1. The molecule has 2 aromatic rings. The molecule has 0 spiro atoms. The fourth-order valence-electron chi connectivity index (χ4n) is 2.23. The lowest BCUT2D eigenvalue weighted by molar-refractivity contribution is -0.111. The minimum Gasteiger partial charge on any atom is -0.504 e. The predicted octanol–water partition coefficient (Wildman–Crippen LogP) is 3.15. The molecule has 154 valence electrons. The molecule has 2 aromatic heterocycles. The fraction of sp³-hybridized carbons (Fsp3) is 0.250. The van der Waals surface area contributed by atoms with Gasteiger partial charge in [-0.2, -0.15) is 10.5 Å². The van der Waals surface area contributed by atoms with Crippen molar-refractivity contribution in [1.82, 2.24) is 4.98 Å². The van der Waals surface area contributed by atoms with Gasteiger partial charge >= 0.3 is 6.09 Å². The highest BCUT2D eigenvalue weighted by Crippen LogP contribution is 2.30. The van der Waals surface area contributed by atoms with Crippen molar-refractivity contribution in [3.8, 4) is 17.9 Å². The summed E-state index contributed by atoms with van der Waals surface area (Å²) in [6.07, 6.45) is 4.12. The van der Waals surface area contributed by atoms with Crippen LogP contribution in [0.15, 0.2) is 29.0 Å². The first kappa shape index (κ1) is 22.0. The summed E-state index contributed by atoms with van der Waals surface area (Å²) in [4.78, 5) is 29.2. The number of aromatic nitrogens is 1. The Balaban J connectivity index is 2.18. The molecule has 0 fully saturated rings. The molecule has 0 saturated carbocycles. The van der Waals surface area contributed by atoms with Crippen LogP contribution in [0.25, 0.3) is 6.08 Å². The number of hydrogen-bond donors (Lipinski definition) is 2. The standard InChI is InChI=1S/C20H19N5O5/c1-20(2,3)30-19(28)25(4)15-11-29-18(13(15)9-21)24-16(26)6-5-12-7-8-23-14(10-22)17(12)27/h5-8,11,27H,1-4H3,(H,24,26). The molecule has 2 heterocycles. The maximum Gasteiger partial charge on any atom is 0.414 e. The lowest BCUT2D eigenvalue weighted by Gasteiger charge is -2.23. The van der Waals surface area contributed by atoms with Crippen LogP contribution in [-0.4, -0.2) is 34.7 Å². The summed E-state index contributed by atoms with van der Waals surface area (Å²) in [5.74, 6) is -1.18. The number of amides is 2. The summed E-state index contributed by atoms with van der Waals surface area (Å²) in [6.45, 7) is 5.12. The van der Waals surface area contributed by atoms with Crippen molar-refractivity contribution in [2.24, 2.45) is 0 Å². The summed E-state index contributed by atoms with van der Waals surface area (Å²) in [7, 11) is 1.41. The molecule has 2 N–H and O–H groups in total. The highest BCUT2D eigenvalue weighted by molar-refractivity contribution is 6.03. The number of nitriles is 2. The Morgan fingerprint density at radius 3 is 2.63 bits per heavy atom. The highest BCUT2D eigenvalue weighted by Gasteiger charge is 2.26. The number of rotatable bonds is 4. The Kier molecular flexibility index (Phi) is 6.45. The Morgan fingerprint density at radius 1 is 1.33 bits per heavy atom. The number of aromatic hydroxyl groups is 1. The number of ether oxygens (including phenoxy) is 1. The third-order valence-corrected chi connectivity index (χ3v) is 3.62. The van der Waals surface area contributed by atoms with Crippen LogP contribution in [0, 0.1) is 22.7 Å². The van der Waals surface area contributed by atoms with E-state index < -0.39 is 17.6 Å². The molecular formula is C20H19N5O5. The van der Waals surface area contributed by atoms with Gasteiger partial charge in [-0.3, -0.25) is 15.0 Å². The van der Waals surface area contributed by atoms with Gasteiger partial charge in [0, 0.05) is 24.9 Å². The number of carbonyl (C=O) groups is 2. The van der Waals surface area contributed by atoms with Crippen molar-refractivity contribution < 1.29 is 23.8 Å². The van der Waals surface area contributed by atoms with Crippen LogP contribution in [0.1, 0.15) is 37.6 Å². The maximum absolute atomic E-state index is 12.2. The van der Waals surface area contributed by atoms with Gasteiger partial charge in [0.25, 0.3) is 5.91 Å². The summed E-state index contributed by atoms with van der Waals surface area (Å²) in [5.41, 5.74) is -0.638. The minimum atomic E-state index is -0.729. The smallest absolute Gasteiger partial charge is 0.414 e. The molecule has 0 aromatic carbocycles. The summed E-state index contributed by atoms with van der Waals surface area (Å²) < 4.78 is 10.5.